The number of nitrogens with one attached hydrogen (secondary N) is 2. The van der Waals surface area contributed by atoms with Crippen LogP contribution in [0.3, 0.4) is 0 Å². The van der Waals surface area contributed by atoms with E-state index in [9.17, 15) is 18.0 Å². The van der Waals surface area contributed by atoms with E-state index in [1.54, 1.807) is 4.57 Å². The molecule has 48 heavy (non-hydrogen) atoms. The number of carbonyl (C=O) groups excluding carboxylic acids is 1. The van der Waals surface area contributed by atoms with E-state index >= 15 is 0 Å². The van der Waals surface area contributed by atoms with Gasteiger partial charge in [-0.1, -0.05) is 76.6 Å². The van der Waals surface area contributed by atoms with Crippen LogP contribution < -0.4 is 15.6 Å². The van der Waals surface area contributed by atoms with Crippen LogP contribution in [-0.4, -0.2) is 29.9 Å². The lowest BCUT2D eigenvalue weighted by atomic mass is 10.0. The van der Waals surface area contributed by atoms with Crippen molar-refractivity contribution >= 4 is 53.9 Å². The lowest BCUT2D eigenvalue weighted by molar-refractivity contribution is 0.170. The van der Waals surface area contributed by atoms with Crippen LogP contribution in [0.2, 0.25) is 0 Å². The van der Waals surface area contributed by atoms with E-state index in [4.69, 9.17) is 9.72 Å². The predicted octanol–water partition coefficient (Wildman–Crippen LogP) is 8.75. The van der Waals surface area contributed by atoms with Crippen molar-refractivity contribution in [3.05, 3.63) is 105 Å². The van der Waals surface area contributed by atoms with Crippen molar-refractivity contribution in [3.8, 4) is 11.1 Å². The number of nitrogens with zero attached hydrogens (tertiary/aromatic N) is 2. The summed E-state index contributed by atoms with van der Waals surface area (Å²) in [6.45, 7) is 8.57. The van der Waals surface area contributed by atoms with E-state index in [0.717, 1.165) is 52.5 Å². The van der Waals surface area contributed by atoms with Crippen LogP contribution in [0.1, 0.15) is 63.2 Å². The van der Waals surface area contributed by atoms with Crippen molar-refractivity contribution in [1.29, 1.82) is 0 Å². The molecule has 0 amide bonds. The van der Waals surface area contributed by atoms with Crippen molar-refractivity contribution in [2.45, 2.75) is 66.3 Å². The summed E-state index contributed by atoms with van der Waals surface area (Å²) in [4.78, 5) is 32.2. The highest BCUT2D eigenvalue weighted by molar-refractivity contribution is 8.07. The molecule has 9 nitrogen and oxygen atoms in total. The van der Waals surface area contributed by atoms with Crippen molar-refractivity contribution in [2.75, 3.05) is 16.6 Å². The van der Waals surface area contributed by atoms with Crippen LogP contribution in [0.15, 0.2) is 83.7 Å². The molecule has 0 aliphatic carbocycles. The Labute approximate surface area is 286 Å². The Balaban J connectivity index is 1.44. The van der Waals surface area contributed by atoms with Gasteiger partial charge in [-0.05, 0) is 72.7 Å². The lowest BCUT2D eigenvalue weighted by Crippen LogP contribution is -2.26. The smallest absolute Gasteiger partial charge is 0.445 e. The maximum atomic E-state index is 13.9. The van der Waals surface area contributed by atoms with Gasteiger partial charge >= 0.3 is 15.3 Å². The number of sulfonamides is 1. The van der Waals surface area contributed by atoms with Gasteiger partial charge in [0.15, 0.2) is 0 Å². The molecule has 5 aromatic rings. The first-order valence-electron chi connectivity index (χ1n) is 16.3. The van der Waals surface area contributed by atoms with Gasteiger partial charge < -0.3 is 10.1 Å². The highest BCUT2D eigenvalue weighted by Crippen LogP contribution is 2.38. The molecule has 252 valence electrons. The summed E-state index contributed by atoms with van der Waals surface area (Å²) < 4.78 is 34.9. The molecule has 0 saturated carbocycles. The van der Waals surface area contributed by atoms with Gasteiger partial charge in [0.05, 0.1) is 24.1 Å². The van der Waals surface area contributed by atoms with Crippen LogP contribution in [0.5, 0.6) is 0 Å². The molecule has 0 spiro atoms. The topological polar surface area (TPSA) is 119 Å². The SMILES string of the molecule is CCCCOC(=O)S(=O)(=O)Nc1sc(CC(C)C)cc1-c1ccc(Cn2c(CCC)nc3ccc(Nc4ccccc4)cc3c2=O)cc1. The van der Waals surface area contributed by atoms with Gasteiger partial charge in [-0.25, -0.2) is 9.78 Å². The zero-order valence-electron chi connectivity index (χ0n) is 27.8. The molecule has 11 heteroatoms. The number of carbonyl (C=O) groups is 1. The van der Waals surface area contributed by atoms with Gasteiger partial charge in [-0.15, -0.1) is 11.3 Å². The number of fused-ring (bicyclic) bond motifs is 1. The molecule has 5 rings (SSSR count). The van der Waals surface area contributed by atoms with E-state index in [0.29, 0.717) is 46.8 Å². The Bertz CT molecular complexity index is 2040. The Hall–Kier alpha value is -4.48. The maximum absolute atomic E-state index is 13.9. The third-order valence-electron chi connectivity index (χ3n) is 7.73. The Morgan fingerprint density at radius 1 is 0.958 bits per heavy atom. The Morgan fingerprint density at radius 3 is 2.40 bits per heavy atom. The first-order chi connectivity index (χ1) is 23.1. The molecule has 0 aliphatic heterocycles. The van der Waals surface area contributed by atoms with Crippen LogP contribution >= 0.6 is 11.3 Å². The fourth-order valence-electron chi connectivity index (χ4n) is 5.36. The van der Waals surface area contributed by atoms with Gasteiger partial charge in [0.25, 0.3) is 5.56 Å². The largest absolute Gasteiger partial charge is 0.453 e. The molecule has 0 bridgehead atoms. The quantitative estimate of drug-likeness (QED) is 0.0886. The third kappa shape index (κ3) is 8.51. The average Bonchev–Trinajstić information content (AvgIpc) is 3.44. The second kappa shape index (κ2) is 15.6. The number of aromatic nitrogens is 2. The Kier molecular flexibility index (Phi) is 11.3. The van der Waals surface area contributed by atoms with Crippen LogP contribution in [0.4, 0.5) is 21.2 Å². The minimum atomic E-state index is -4.39. The van der Waals surface area contributed by atoms with E-state index in [2.05, 4.69) is 30.8 Å². The number of unbranched alkanes of at least 4 members (excludes halogenated alkanes) is 1. The number of thiophene rings is 1. The normalized spacial score (nSPS) is 11.6. The van der Waals surface area contributed by atoms with E-state index in [-0.39, 0.29) is 12.2 Å². The zero-order chi connectivity index (χ0) is 34.3. The van der Waals surface area contributed by atoms with E-state index in [1.807, 2.05) is 85.8 Å². The summed E-state index contributed by atoms with van der Waals surface area (Å²) in [5.41, 5.74) is 4.66. The van der Waals surface area contributed by atoms with Gasteiger partial charge in [0, 0.05) is 28.2 Å². The van der Waals surface area contributed by atoms with Crippen molar-refractivity contribution in [2.24, 2.45) is 5.92 Å². The number of rotatable bonds is 14. The standard InChI is InChI=1S/C37H42N4O5S2/c1-5-7-20-46-37(43)48(44,45)40-35-31(23-30(47-35)21-25(3)4)27-16-14-26(15-17-27)24-41-34(11-6-2)39-33-19-18-29(22-32(33)36(41)42)38-28-12-9-8-10-13-28/h8-10,12-19,22-23,25,38,40H,5-7,11,20-21,24H2,1-4H3. The maximum Gasteiger partial charge on any atom is 0.445 e. The molecule has 0 unspecified atom stereocenters. The summed E-state index contributed by atoms with van der Waals surface area (Å²) in [5, 5.41) is 2.98. The molecule has 0 aliphatic rings. The summed E-state index contributed by atoms with van der Waals surface area (Å²) in [6, 6.07) is 25.1. The summed E-state index contributed by atoms with van der Waals surface area (Å²) in [6.07, 6.45) is 3.63. The highest BCUT2D eigenvalue weighted by Gasteiger charge is 2.27. The fraction of sp³-hybridized carbons (Fsp3) is 0.324. The summed E-state index contributed by atoms with van der Waals surface area (Å²) in [5.74, 6) is 1.08. The summed E-state index contributed by atoms with van der Waals surface area (Å²) in [7, 11) is -4.39. The zero-order valence-corrected chi connectivity index (χ0v) is 29.4. The number of anilines is 3. The fourth-order valence-corrected chi connectivity index (χ4v) is 7.67. The molecule has 2 N–H and O–H groups in total. The molecule has 0 radical (unpaired) electrons. The van der Waals surface area contributed by atoms with Gasteiger partial charge in [0.1, 0.15) is 10.8 Å². The van der Waals surface area contributed by atoms with Crippen LogP contribution in [0, 0.1) is 5.92 Å². The van der Waals surface area contributed by atoms with Crippen molar-refractivity contribution in [3.63, 3.8) is 0 Å². The molecule has 0 atom stereocenters. The average molecular weight is 687 g/mol. The Morgan fingerprint density at radius 2 is 1.71 bits per heavy atom. The first-order valence-corrected chi connectivity index (χ1v) is 18.6. The monoisotopic (exact) mass is 686 g/mol. The van der Waals surface area contributed by atoms with Crippen LogP contribution in [-0.2, 0) is 34.1 Å². The van der Waals surface area contributed by atoms with Gasteiger partial charge in [0.2, 0.25) is 0 Å². The number of hydrogen-bond donors (Lipinski definition) is 2. The molecule has 3 aromatic carbocycles. The summed E-state index contributed by atoms with van der Waals surface area (Å²) >= 11 is 1.32. The van der Waals surface area contributed by atoms with Gasteiger partial charge in [-0.3, -0.25) is 14.1 Å². The first kappa shape index (κ1) is 34.8. The number of hydrogen-bond acceptors (Lipinski definition) is 8. The third-order valence-corrected chi connectivity index (χ3v) is 9.96. The molecule has 2 aromatic heterocycles. The van der Waals surface area contributed by atoms with E-state index < -0.39 is 15.3 Å². The number of aryl methyl sites for hydroxylation is 1. The van der Waals surface area contributed by atoms with E-state index in [1.165, 1.54) is 11.3 Å². The van der Waals surface area contributed by atoms with Crippen molar-refractivity contribution in [1.82, 2.24) is 9.55 Å². The second-order valence-electron chi connectivity index (χ2n) is 12.2. The molecule has 2 heterocycles. The lowest BCUT2D eigenvalue weighted by Gasteiger charge is -2.15. The number of benzene rings is 3. The molecule has 0 fully saturated rings. The minimum Gasteiger partial charge on any atom is -0.453 e. The highest BCUT2D eigenvalue weighted by atomic mass is 32.2. The molecular weight excluding hydrogens is 645 g/mol. The molecule has 0 saturated heterocycles. The minimum absolute atomic E-state index is 0.0507. The number of para-hydroxylation sites is 1. The number of ether oxygens (including phenoxy) is 1. The molecular formula is C37H42N4O5S2. The predicted molar refractivity (Wildman–Crippen MR) is 196 cm³/mol. The second-order valence-corrected chi connectivity index (χ2v) is 14.9. The van der Waals surface area contributed by atoms with Gasteiger partial charge in [-0.2, -0.15) is 8.42 Å². The van der Waals surface area contributed by atoms with Crippen molar-refractivity contribution < 1.29 is 17.9 Å². The van der Waals surface area contributed by atoms with Crippen LogP contribution in [0.25, 0.3) is 22.0 Å².